The first-order valence-corrected chi connectivity index (χ1v) is 5.05. The maximum absolute atomic E-state index is 11.5. The fraction of sp³-hybridized carbons (Fsp3) is 0.500. The molecule has 6 heteroatoms. The van der Waals surface area contributed by atoms with Gasteiger partial charge in [-0.2, -0.15) is 0 Å². The van der Waals surface area contributed by atoms with Gasteiger partial charge >= 0.3 is 0 Å². The van der Waals surface area contributed by atoms with Crippen molar-refractivity contribution in [2.24, 2.45) is 7.05 Å². The van der Waals surface area contributed by atoms with E-state index in [1.165, 1.54) is 10.8 Å². The van der Waals surface area contributed by atoms with Crippen molar-refractivity contribution < 1.29 is 4.79 Å². The smallest absolute Gasteiger partial charge is 0.293 e. The lowest BCUT2D eigenvalue weighted by atomic mass is 10.5. The molecule has 0 saturated carbocycles. The molecule has 1 N–H and O–H groups in total. The maximum atomic E-state index is 11.5. The standard InChI is InChI=1S/C10H16N4O2/c1-4-13(2)8(15)7-12-9-10(16)14(3)6-5-11-9/h5-6H,4,7H2,1-3H3,(H,11,12). The van der Waals surface area contributed by atoms with Gasteiger partial charge in [0.15, 0.2) is 5.82 Å². The Balaban J connectivity index is 2.65. The molecule has 0 radical (unpaired) electrons. The Morgan fingerprint density at radius 3 is 2.94 bits per heavy atom. The van der Waals surface area contributed by atoms with Crippen LogP contribution in [-0.4, -0.2) is 40.5 Å². The zero-order chi connectivity index (χ0) is 12.1. The van der Waals surface area contributed by atoms with Crippen LogP contribution < -0.4 is 10.9 Å². The summed E-state index contributed by atoms with van der Waals surface area (Å²) in [6, 6.07) is 0. The van der Waals surface area contributed by atoms with E-state index in [2.05, 4.69) is 10.3 Å². The molecule has 0 unspecified atom stereocenters. The molecule has 0 aliphatic carbocycles. The van der Waals surface area contributed by atoms with Crippen LogP contribution in [0, 0.1) is 0 Å². The molecule has 0 aromatic carbocycles. The molecule has 0 fully saturated rings. The lowest BCUT2D eigenvalue weighted by Crippen LogP contribution is -2.33. The highest BCUT2D eigenvalue weighted by Gasteiger charge is 2.08. The Morgan fingerprint density at radius 1 is 1.62 bits per heavy atom. The number of nitrogens with one attached hydrogen (secondary N) is 1. The highest BCUT2D eigenvalue weighted by Crippen LogP contribution is 1.92. The van der Waals surface area contributed by atoms with Gasteiger partial charge in [0.1, 0.15) is 0 Å². The Hall–Kier alpha value is -1.85. The molecule has 0 saturated heterocycles. The largest absolute Gasteiger partial charge is 0.356 e. The summed E-state index contributed by atoms with van der Waals surface area (Å²) in [4.78, 5) is 28.5. The van der Waals surface area contributed by atoms with Gasteiger partial charge in [-0.05, 0) is 6.92 Å². The molecular weight excluding hydrogens is 208 g/mol. The van der Waals surface area contributed by atoms with Crippen molar-refractivity contribution in [1.82, 2.24) is 14.5 Å². The van der Waals surface area contributed by atoms with Crippen molar-refractivity contribution in [2.75, 3.05) is 25.5 Å². The minimum Gasteiger partial charge on any atom is -0.356 e. The molecule has 6 nitrogen and oxygen atoms in total. The van der Waals surface area contributed by atoms with Gasteiger partial charge in [0.25, 0.3) is 5.56 Å². The monoisotopic (exact) mass is 224 g/mol. The number of anilines is 1. The number of carbonyl (C=O) groups excluding carboxylic acids is 1. The number of carbonyl (C=O) groups is 1. The summed E-state index contributed by atoms with van der Waals surface area (Å²) < 4.78 is 1.41. The summed E-state index contributed by atoms with van der Waals surface area (Å²) >= 11 is 0. The Bertz CT molecular complexity index is 427. The van der Waals surface area contributed by atoms with Gasteiger partial charge in [-0.15, -0.1) is 0 Å². The lowest BCUT2D eigenvalue weighted by Gasteiger charge is -2.14. The average Bonchev–Trinajstić information content (AvgIpc) is 2.29. The van der Waals surface area contributed by atoms with Crippen LogP contribution in [-0.2, 0) is 11.8 Å². The number of nitrogens with zero attached hydrogens (tertiary/aromatic N) is 3. The van der Waals surface area contributed by atoms with Crippen LogP contribution in [0.2, 0.25) is 0 Å². The van der Waals surface area contributed by atoms with Crippen molar-refractivity contribution in [2.45, 2.75) is 6.92 Å². The number of amides is 1. The van der Waals surface area contributed by atoms with Crippen LogP contribution >= 0.6 is 0 Å². The van der Waals surface area contributed by atoms with Gasteiger partial charge in [0.2, 0.25) is 5.91 Å². The Kier molecular flexibility index (Phi) is 4.04. The molecule has 16 heavy (non-hydrogen) atoms. The van der Waals surface area contributed by atoms with E-state index in [1.807, 2.05) is 6.92 Å². The third-order valence-electron chi connectivity index (χ3n) is 2.32. The summed E-state index contributed by atoms with van der Waals surface area (Å²) in [5.74, 6) is 0.123. The third-order valence-corrected chi connectivity index (χ3v) is 2.32. The first-order valence-electron chi connectivity index (χ1n) is 5.05. The van der Waals surface area contributed by atoms with Crippen LogP contribution in [0.15, 0.2) is 17.2 Å². The van der Waals surface area contributed by atoms with Gasteiger partial charge in [-0.25, -0.2) is 4.98 Å². The molecular formula is C10H16N4O2. The maximum Gasteiger partial charge on any atom is 0.293 e. The van der Waals surface area contributed by atoms with E-state index >= 15 is 0 Å². The fourth-order valence-electron chi connectivity index (χ4n) is 1.09. The zero-order valence-electron chi connectivity index (χ0n) is 9.73. The molecule has 88 valence electrons. The number of aromatic nitrogens is 2. The highest BCUT2D eigenvalue weighted by molar-refractivity contribution is 5.80. The van der Waals surface area contributed by atoms with Crippen molar-refractivity contribution in [1.29, 1.82) is 0 Å². The number of likely N-dealkylation sites (N-methyl/N-ethyl adjacent to an activating group) is 1. The Morgan fingerprint density at radius 2 is 2.31 bits per heavy atom. The Labute approximate surface area is 93.9 Å². The minimum atomic E-state index is -0.241. The predicted molar refractivity (Wildman–Crippen MR) is 61.3 cm³/mol. The summed E-state index contributed by atoms with van der Waals surface area (Å²) in [7, 11) is 3.34. The second kappa shape index (κ2) is 5.29. The molecule has 0 aliphatic heterocycles. The third kappa shape index (κ3) is 2.82. The normalized spacial score (nSPS) is 9.94. The van der Waals surface area contributed by atoms with Gasteiger partial charge in [-0.3, -0.25) is 9.59 Å². The van der Waals surface area contributed by atoms with E-state index in [4.69, 9.17) is 0 Å². The molecule has 0 spiro atoms. The van der Waals surface area contributed by atoms with Crippen LogP contribution in [0.25, 0.3) is 0 Å². The number of hydrogen-bond donors (Lipinski definition) is 1. The first-order chi connectivity index (χ1) is 7.56. The quantitative estimate of drug-likeness (QED) is 0.760. The molecule has 0 aliphatic rings. The molecule has 1 rings (SSSR count). The number of hydrogen-bond acceptors (Lipinski definition) is 4. The van der Waals surface area contributed by atoms with Crippen molar-refractivity contribution in [3.8, 4) is 0 Å². The first kappa shape index (κ1) is 12.2. The SMILES string of the molecule is CCN(C)C(=O)CNc1nccn(C)c1=O. The van der Waals surface area contributed by atoms with Gasteiger partial charge in [0, 0.05) is 33.0 Å². The van der Waals surface area contributed by atoms with Crippen LogP contribution in [0.5, 0.6) is 0 Å². The number of aryl methyl sites for hydroxylation is 1. The van der Waals surface area contributed by atoms with Gasteiger partial charge < -0.3 is 14.8 Å². The number of rotatable bonds is 4. The highest BCUT2D eigenvalue weighted by atomic mass is 16.2. The summed E-state index contributed by atoms with van der Waals surface area (Å²) in [5, 5.41) is 2.73. The molecule has 1 amide bonds. The van der Waals surface area contributed by atoms with E-state index < -0.39 is 0 Å². The average molecular weight is 224 g/mol. The second-order valence-corrected chi connectivity index (χ2v) is 3.45. The van der Waals surface area contributed by atoms with Crippen LogP contribution in [0.1, 0.15) is 6.92 Å². The molecule has 0 atom stereocenters. The van der Waals surface area contributed by atoms with Gasteiger partial charge in [0.05, 0.1) is 6.54 Å². The molecule has 0 bridgehead atoms. The van der Waals surface area contributed by atoms with Crippen molar-refractivity contribution in [3.63, 3.8) is 0 Å². The van der Waals surface area contributed by atoms with E-state index in [9.17, 15) is 9.59 Å². The zero-order valence-corrected chi connectivity index (χ0v) is 9.73. The summed E-state index contributed by atoms with van der Waals surface area (Å²) in [6.07, 6.45) is 3.07. The fourth-order valence-corrected chi connectivity index (χ4v) is 1.09. The molecule has 1 heterocycles. The summed E-state index contributed by atoms with van der Waals surface area (Å²) in [5.41, 5.74) is -0.241. The van der Waals surface area contributed by atoms with Gasteiger partial charge in [-0.1, -0.05) is 0 Å². The molecule has 1 aromatic heterocycles. The second-order valence-electron chi connectivity index (χ2n) is 3.45. The van der Waals surface area contributed by atoms with Crippen LogP contribution in [0.3, 0.4) is 0 Å². The van der Waals surface area contributed by atoms with Crippen molar-refractivity contribution >= 4 is 11.7 Å². The topological polar surface area (TPSA) is 67.2 Å². The van der Waals surface area contributed by atoms with Crippen molar-refractivity contribution in [3.05, 3.63) is 22.7 Å². The lowest BCUT2D eigenvalue weighted by molar-refractivity contribution is -0.127. The van der Waals surface area contributed by atoms with Crippen LogP contribution in [0.4, 0.5) is 5.82 Å². The van der Waals surface area contributed by atoms with E-state index in [1.54, 1.807) is 25.2 Å². The predicted octanol–water partition coefficient (Wildman–Crippen LogP) is -0.330. The van der Waals surface area contributed by atoms with E-state index in [0.717, 1.165) is 0 Å². The van der Waals surface area contributed by atoms with E-state index in [-0.39, 0.29) is 23.8 Å². The molecule has 1 aromatic rings. The summed E-state index contributed by atoms with van der Waals surface area (Å²) in [6.45, 7) is 2.61. The minimum absolute atomic E-state index is 0.0739. The van der Waals surface area contributed by atoms with E-state index in [0.29, 0.717) is 6.54 Å².